The zero-order chi connectivity index (χ0) is 13.1. The molecule has 2 rings (SSSR count). The third-order valence-electron chi connectivity index (χ3n) is 2.85. The van der Waals surface area contributed by atoms with E-state index in [1.807, 2.05) is 24.5 Å². The van der Waals surface area contributed by atoms with Gasteiger partial charge in [-0.15, -0.1) is 0 Å². The fourth-order valence-electron chi connectivity index (χ4n) is 1.65. The number of rotatable bonds is 3. The molecule has 3 N–H and O–H groups in total. The summed E-state index contributed by atoms with van der Waals surface area (Å²) in [4.78, 5) is 19.8. The van der Waals surface area contributed by atoms with E-state index in [2.05, 4.69) is 15.4 Å². The maximum atomic E-state index is 11.4. The Morgan fingerprint density at radius 2 is 2.22 bits per heavy atom. The second-order valence-electron chi connectivity index (χ2n) is 4.03. The Bertz CT molecular complexity index is 576. The van der Waals surface area contributed by atoms with Gasteiger partial charge in [0.2, 0.25) is 0 Å². The highest BCUT2D eigenvalue weighted by Gasteiger charge is 2.07. The van der Waals surface area contributed by atoms with Crippen LogP contribution in [-0.2, 0) is 6.54 Å². The Morgan fingerprint density at radius 3 is 2.83 bits per heavy atom. The molecule has 94 valence electrons. The molecule has 0 spiro atoms. The van der Waals surface area contributed by atoms with Crippen LogP contribution >= 0.6 is 0 Å². The van der Waals surface area contributed by atoms with Gasteiger partial charge in [-0.3, -0.25) is 10.2 Å². The van der Waals surface area contributed by atoms with E-state index in [9.17, 15) is 4.79 Å². The summed E-state index contributed by atoms with van der Waals surface area (Å²) in [5.74, 6) is 4.69. The molecule has 6 heteroatoms. The van der Waals surface area contributed by atoms with Crippen molar-refractivity contribution in [3.05, 3.63) is 47.3 Å². The van der Waals surface area contributed by atoms with Gasteiger partial charge in [-0.25, -0.2) is 15.8 Å². The van der Waals surface area contributed by atoms with Crippen molar-refractivity contribution in [3.8, 4) is 0 Å². The summed E-state index contributed by atoms with van der Waals surface area (Å²) < 4.78 is 1.99. The number of pyridine rings is 1. The molecule has 0 saturated carbocycles. The van der Waals surface area contributed by atoms with Crippen molar-refractivity contribution < 1.29 is 4.79 Å². The molecule has 6 nitrogen and oxygen atoms in total. The summed E-state index contributed by atoms with van der Waals surface area (Å²) in [6, 6.07) is 5.27. The summed E-state index contributed by atoms with van der Waals surface area (Å²) in [5, 5.41) is 0. The lowest BCUT2D eigenvalue weighted by molar-refractivity contribution is 0.0948. The number of carbonyl (C=O) groups excluding carboxylic acids is 1. The molecule has 2 aromatic heterocycles. The van der Waals surface area contributed by atoms with Crippen LogP contribution in [0.3, 0.4) is 0 Å². The Balaban J connectivity index is 2.24. The van der Waals surface area contributed by atoms with E-state index in [0.29, 0.717) is 12.2 Å². The number of aryl methyl sites for hydroxylation is 1. The van der Waals surface area contributed by atoms with Gasteiger partial charge >= 0.3 is 0 Å². The van der Waals surface area contributed by atoms with Crippen LogP contribution in [0, 0.1) is 13.8 Å². The number of aromatic nitrogens is 3. The summed E-state index contributed by atoms with van der Waals surface area (Å²) in [5.41, 5.74) is 5.25. The van der Waals surface area contributed by atoms with Gasteiger partial charge in [0.05, 0.1) is 24.3 Å². The highest BCUT2D eigenvalue weighted by atomic mass is 16.2. The lowest BCUT2D eigenvalue weighted by atomic mass is 10.3. The van der Waals surface area contributed by atoms with Crippen LogP contribution < -0.4 is 11.3 Å². The average Bonchev–Trinajstić information content (AvgIpc) is 2.70. The zero-order valence-electron chi connectivity index (χ0n) is 10.3. The number of nitrogens with one attached hydrogen (secondary N) is 1. The van der Waals surface area contributed by atoms with Crippen LogP contribution in [0.15, 0.2) is 24.5 Å². The van der Waals surface area contributed by atoms with E-state index in [-0.39, 0.29) is 0 Å². The number of hydrogen-bond acceptors (Lipinski definition) is 4. The van der Waals surface area contributed by atoms with Crippen LogP contribution in [-0.4, -0.2) is 20.4 Å². The van der Waals surface area contributed by atoms with E-state index in [4.69, 9.17) is 5.84 Å². The predicted molar refractivity (Wildman–Crippen MR) is 66.7 cm³/mol. The van der Waals surface area contributed by atoms with Gasteiger partial charge < -0.3 is 4.57 Å². The smallest absolute Gasteiger partial charge is 0.283 e. The zero-order valence-corrected chi connectivity index (χ0v) is 10.3. The summed E-state index contributed by atoms with van der Waals surface area (Å²) in [6.45, 7) is 4.54. The van der Waals surface area contributed by atoms with E-state index in [0.717, 1.165) is 17.1 Å². The Morgan fingerprint density at radius 1 is 1.44 bits per heavy atom. The first-order chi connectivity index (χ1) is 8.61. The number of imidazole rings is 1. The second kappa shape index (κ2) is 4.97. The van der Waals surface area contributed by atoms with Crippen molar-refractivity contribution in [3.63, 3.8) is 0 Å². The number of nitrogen functional groups attached to an aromatic ring is 1. The highest BCUT2D eigenvalue weighted by molar-refractivity contribution is 5.91. The molecule has 2 heterocycles. The number of hydrogen-bond donors (Lipinski definition) is 2. The summed E-state index contributed by atoms with van der Waals surface area (Å²) in [7, 11) is 0. The van der Waals surface area contributed by atoms with Gasteiger partial charge in [0.25, 0.3) is 5.91 Å². The van der Waals surface area contributed by atoms with Gasteiger partial charge in [-0.1, -0.05) is 6.07 Å². The van der Waals surface area contributed by atoms with Crippen LogP contribution in [0.1, 0.15) is 27.6 Å². The number of nitrogens with zero attached hydrogens (tertiary/aromatic N) is 3. The largest absolute Gasteiger partial charge is 0.329 e. The minimum Gasteiger partial charge on any atom is -0.329 e. The molecule has 0 atom stereocenters. The first kappa shape index (κ1) is 12.3. The fraction of sp³-hybridized carbons (Fsp3) is 0.250. The van der Waals surface area contributed by atoms with Gasteiger partial charge in [0.15, 0.2) is 0 Å². The van der Waals surface area contributed by atoms with E-state index in [1.54, 1.807) is 18.5 Å². The van der Waals surface area contributed by atoms with Crippen molar-refractivity contribution in [1.29, 1.82) is 0 Å². The quantitative estimate of drug-likeness (QED) is 0.469. The molecule has 2 aromatic rings. The van der Waals surface area contributed by atoms with Crippen LogP contribution in [0.25, 0.3) is 0 Å². The topological polar surface area (TPSA) is 85.8 Å². The van der Waals surface area contributed by atoms with Crippen molar-refractivity contribution >= 4 is 5.91 Å². The van der Waals surface area contributed by atoms with Gasteiger partial charge in [-0.2, -0.15) is 0 Å². The maximum absolute atomic E-state index is 11.4. The van der Waals surface area contributed by atoms with Crippen molar-refractivity contribution in [2.75, 3.05) is 0 Å². The number of carbonyl (C=O) groups is 1. The molecule has 0 saturated heterocycles. The normalized spacial score (nSPS) is 10.4. The molecule has 0 fully saturated rings. The first-order valence-corrected chi connectivity index (χ1v) is 5.57. The van der Waals surface area contributed by atoms with Gasteiger partial charge in [-0.05, 0) is 26.0 Å². The van der Waals surface area contributed by atoms with Crippen molar-refractivity contribution in [2.24, 2.45) is 5.84 Å². The molecule has 0 bridgehead atoms. The summed E-state index contributed by atoms with van der Waals surface area (Å²) >= 11 is 0. The maximum Gasteiger partial charge on any atom is 0.283 e. The van der Waals surface area contributed by atoms with E-state index < -0.39 is 5.91 Å². The standard InChI is InChI=1S/C12H15N5O/c1-8-9(2)17(7-14-8)6-10-4-3-5-11(15-10)12(18)16-13/h3-5,7H,6,13H2,1-2H3,(H,16,18). The third kappa shape index (κ3) is 2.38. The average molecular weight is 245 g/mol. The monoisotopic (exact) mass is 245 g/mol. The second-order valence-corrected chi connectivity index (χ2v) is 4.03. The molecular weight excluding hydrogens is 230 g/mol. The molecule has 0 aliphatic rings. The number of amides is 1. The Kier molecular flexibility index (Phi) is 3.38. The fourth-order valence-corrected chi connectivity index (χ4v) is 1.65. The first-order valence-electron chi connectivity index (χ1n) is 5.57. The molecule has 0 radical (unpaired) electrons. The van der Waals surface area contributed by atoms with E-state index >= 15 is 0 Å². The van der Waals surface area contributed by atoms with Crippen LogP contribution in [0.5, 0.6) is 0 Å². The van der Waals surface area contributed by atoms with Crippen LogP contribution in [0.2, 0.25) is 0 Å². The summed E-state index contributed by atoms with van der Waals surface area (Å²) in [6.07, 6.45) is 1.77. The number of hydrazine groups is 1. The number of nitrogens with two attached hydrogens (primary N) is 1. The molecule has 0 aliphatic heterocycles. The molecular formula is C12H15N5O. The minimum absolute atomic E-state index is 0.310. The third-order valence-corrected chi connectivity index (χ3v) is 2.85. The van der Waals surface area contributed by atoms with E-state index in [1.165, 1.54) is 0 Å². The molecule has 0 aromatic carbocycles. The lowest BCUT2D eigenvalue weighted by Crippen LogP contribution is -2.30. The van der Waals surface area contributed by atoms with Crippen LogP contribution in [0.4, 0.5) is 0 Å². The van der Waals surface area contributed by atoms with Gasteiger partial charge in [0, 0.05) is 5.69 Å². The van der Waals surface area contributed by atoms with Gasteiger partial charge in [0.1, 0.15) is 5.69 Å². The van der Waals surface area contributed by atoms with Crippen molar-refractivity contribution in [2.45, 2.75) is 20.4 Å². The molecule has 1 amide bonds. The Labute approximate surface area is 105 Å². The predicted octanol–water partition coefficient (Wildman–Crippen LogP) is 0.547. The minimum atomic E-state index is -0.393. The lowest BCUT2D eigenvalue weighted by Gasteiger charge is -2.06. The highest BCUT2D eigenvalue weighted by Crippen LogP contribution is 2.08. The Hall–Kier alpha value is -2.21. The molecule has 0 unspecified atom stereocenters. The molecule has 0 aliphatic carbocycles. The van der Waals surface area contributed by atoms with Crippen molar-refractivity contribution in [1.82, 2.24) is 20.0 Å². The molecule has 18 heavy (non-hydrogen) atoms. The SMILES string of the molecule is Cc1ncn(Cc2cccc(C(=O)NN)n2)c1C.